The molecule has 0 spiro atoms. The van der Waals surface area contributed by atoms with Crippen molar-refractivity contribution in [3.8, 4) is 0 Å². The Morgan fingerprint density at radius 1 is 1.08 bits per heavy atom. The third-order valence-electron chi connectivity index (χ3n) is 6.14. The van der Waals surface area contributed by atoms with E-state index < -0.39 is 0 Å². The van der Waals surface area contributed by atoms with Gasteiger partial charge in [0.05, 0.1) is 6.61 Å². The third kappa shape index (κ3) is 7.70. The lowest BCUT2D eigenvalue weighted by atomic mass is 10.0. The molecule has 198 valence electrons. The second-order valence-electron chi connectivity index (χ2n) is 9.69. The van der Waals surface area contributed by atoms with Gasteiger partial charge in [0.25, 0.3) is 0 Å². The number of benzene rings is 1. The fraction of sp³-hybridized carbons (Fsp3) is 0.500. The van der Waals surface area contributed by atoms with Crippen molar-refractivity contribution in [2.75, 3.05) is 49.5 Å². The van der Waals surface area contributed by atoms with Crippen molar-refractivity contribution in [3.63, 3.8) is 0 Å². The van der Waals surface area contributed by atoms with Gasteiger partial charge in [-0.05, 0) is 35.4 Å². The van der Waals surface area contributed by atoms with Gasteiger partial charge in [-0.1, -0.05) is 39.8 Å². The van der Waals surface area contributed by atoms with Gasteiger partial charge in [-0.2, -0.15) is 15.0 Å². The Balaban J connectivity index is 1.54. The average molecular weight is 542 g/mol. The van der Waals surface area contributed by atoms with Crippen LogP contribution in [0.3, 0.4) is 0 Å². The number of carbonyl (C=O) groups excluding carboxylic acids is 1. The van der Waals surface area contributed by atoms with Crippen LogP contribution in [0.15, 0.2) is 40.5 Å². The first-order valence-electron chi connectivity index (χ1n) is 12.7. The summed E-state index contributed by atoms with van der Waals surface area (Å²) in [4.78, 5) is 37.4. The van der Waals surface area contributed by atoms with Gasteiger partial charge in [-0.15, -0.1) is 11.3 Å². The minimum absolute atomic E-state index is 0.0311. The molecule has 3 aromatic rings. The van der Waals surface area contributed by atoms with Gasteiger partial charge < -0.3 is 10.0 Å². The molecule has 4 rings (SSSR count). The highest BCUT2D eigenvalue weighted by molar-refractivity contribution is 7.99. The van der Waals surface area contributed by atoms with Crippen molar-refractivity contribution in [1.82, 2.24) is 24.8 Å². The molecule has 11 heteroatoms. The number of nitrogens with zero attached hydrogens (tertiary/aromatic N) is 6. The van der Waals surface area contributed by atoms with Crippen LogP contribution in [0.5, 0.6) is 0 Å². The molecule has 0 radical (unpaired) electrons. The van der Waals surface area contributed by atoms with Crippen molar-refractivity contribution in [1.29, 1.82) is 0 Å². The molecular formula is C26H35N7O2S2. The lowest BCUT2D eigenvalue weighted by molar-refractivity contribution is -0.121. The van der Waals surface area contributed by atoms with Crippen molar-refractivity contribution >= 4 is 45.9 Å². The summed E-state index contributed by atoms with van der Waals surface area (Å²) in [5.41, 5.74) is 1.01. The van der Waals surface area contributed by atoms with E-state index in [2.05, 4.69) is 38.9 Å². The van der Waals surface area contributed by atoms with Crippen LogP contribution < -0.4 is 10.2 Å². The molecule has 0 bridgehead atoms. The van der Waals surface area contributed by atoms with Crippen LogP contribution in [-0.4, -0.2) is 75.1 Å². The maximum absolute atomic E-state index is 12.1. The molecule has 0 saturated carbocycles. The van der Waals surface area contributed by atoms with E-state index in [1.165, 1.54) is 16.6 Å². The fourth-order valence-electron chi connectivity index (χ4n) is 3.79. The summed E-state index contributed by atoms with van der Waals surface area (Å²) in [5.74, 6) is 1.77. The van der Waals surface area contributed by atoms with Crippen LogP contribution in [0.4, 0.5) is 17.0 Å². The number of piperazine rings is 1. The molecule has 37 heavy (non-hydrogen) atoms. The van der Waals surface area contributed by atoms with Crippen molar-refractivity contribution in [2.24, 2.45) is 5.92 Å². The molecule has 1 aliphatic heterocycles. The predicted octanol–water partition coefficient (Wildman–Crippen LogP) is 4.23. The minimum Gasteiger partial charge on any atom is -0.395 e. The number of aromatic nitrogens is 4. The Morgan fingerprint density at radius 3 is 2.43 bits per heavy atom. The summed E-state index contributed by atoms with van der Waals surface area (Å²) < 4.78 is 0. The molecule has 1 fully saturated rings. The zero-order valence-electron chi connectivity index (χ0n) is 21.8. The number of β-amino-alcohol motifs (C(OH)–C–C–N with tert-alkyl or cyclic N) is 1. The monoisotopic (exact) mass is 541 g/mol. The van der Waals surface area contributed by atoms with Crippen LogP contribution in [0.25, 0.3) is 0 Å². The fourth-order valence-corrected chi connectivity index (χ4v) is 5.35. The first kappa shape index (κ1) is 27.4. The maximum atomic E-state index is 12.1. The first-order valence-corrected chi connectivity index (χ1v) is 14.3. The van der Waals surface area contributed by atoms with Crippen LogP contribution in [0.2, 0.25) is 0 Å². The van der Waals surface area contributed by atoms with Crippen LogP contribution in [-0.2, 0) is 11.2 Å². The number of aliphatic hydroxyl groups excluding tert-OH is 1. The highest BCUT2D eigenvalue weighted by Gasteiger charge is 2.21. The topological polar surface area (TPSA) is 107 Å². The Morgan fingerprint density at radius 2 is 1.81 bits per heavy atom. The number of anilines is 3. The number of hydrogen-bond donors (Lipinski definition) is 2. The van der Waals surface area contributed by atoms with E-state index in [-0.39, 0.29) is 18.3 Å². The molecule has 1 aromatic carbocycles. The quantitative estimate of drug-likeness (QED) is 0.366. The summed E-state index contributed by atoms with van der Waals surface area (Å²) >= 11 is 3.07. The molecule has 0 amide bonds. The molecule has 2 aromatic heterocycles. The number of Topliss-reactive ketones (excluding diaryl/α,β-unsaturated/α-hetero) is 1. The van der Waals surface area contributed by atoms with Gasteiger partial charge in [-0.3, -0.25) is 15.0 Å². The normalized spacial score (nSPS) is 14.5. The smallest absolute Gasteiger partial charge is 0.234 e. The molecule has 9 nitrogen and oxygen atoms in total. The number of rotatable bonds is 11. The Hall–Kier alpha value is -2.60. The molecule has 1 aliphatic rings. The summed E-state index contributed by atoms with van der Waals surface area (Å²) in [6.07, 6.45) is 2.34. The van der Waals surface area contributed by atoms with E-state index >= 15 is 0 Å². The SMILES string of the molecule is CC(C)C(=O)Cc1ccc(Sc2nc(Nc3ncc(C(C)C)s3)nc(N3CCN(CCO)CC3)n2)cc1. The zero-order chi connectivity index (χ0) is 26.4. The second kappa shape index (κ2) is 12.8. The molecule has 3 heterocycles. The van der Waals surface area contributed by atoms with E-state index in [0.29, 0.717) is 35.9 Å². The summed E-state index contributed by atoms with van der Waals surface area (Å²) in [7, 11) is 0. The van der Waals surface area contributed by atoms with Gasteiger partial charge in [0.2, 0.25) is 11.9 Å². The second-order valence-corrected chi connectivity index (χ2v) is 11.8. The van der Waals surface area contributed by atoms with Crippen molar-refractivity contribution in [3.05, 3.63) is 40.9 Å². The number of aliphatic hydroxyl groups is 1. The van der Waals surface area contributed by atoms with Gasteiger partial charge in [0.15, 0.2) is 10.3 Å². The number of hydrogen-bond acceptors (Lipinski definition) is 11. The summed E-state index contributed by atoms with van der Waals surface area (Å²) in [5, 5.41) is 13.9. The molecule has 1 saturated heterocycles. The van der Waals surface area contributed by atoms with E-state index in [1.807, 2.05) is 44.3 Å². The number of thiazole rings is 1. The van der Waals surface area contributed by atoms with E-state index in [1.54, 1.807) is 11.3 Å². The summed E-state index contributed by atoms with van der Waals surface area (Å²) in [6, 6.07) is 8.00. The number of carbonyl (C=O) groups is 1. The Labute approximate surface area is 226 Å². The highest BCUT2D eigenvalue weighted by atomic mass is 32.2. The average Bonchev–Trinajstić information content (AvgIpc) is 3.34. The summed E-state index contributed by atoms with van der Waals surface area (Å²) in [6.45, 7) is 12.2. The zero-order valence-corrected chi connectivity index (χ0v) is 23.5. The van der Waals surface area contributed by atoms with Crippen LogP contribution in [0.1, 0.15) is 44.1 Å². The molecular weight excluding hydrogens is 506 g/mol. The van der Waals surface area contributed by atoms with E-state index in [4.69, 9.17) is 9.97 Å². The standard InChI is InChI=1S/C26H35N7O2S2/c1-17(2)21(35)15-19-5-7-20(8-6-19)36-26-30-23(29-25-27-16-22(37-25)18(3)4)28-24(31-26)33-11-9-32(10-12-33)13-14-34/h5-8,16-18,34H,9-15H2,1-4H3,(H,27,28,29,30,31). The molecule has 0 atom stereocenters. The largest absolute Gasteiger partial charge is 0.395 e. The molecule has 2 N–H and O–H groups in total. The van der Waals surface area contributed by atoms with Crippen molar-refractivity contribution in [2.45, 2.75) is 50.1 Å². The first-order chi connectivity index (χ1) is 17.8. The number of nitrogens with one attached hydrogen (secondary N) is 1. The molecule has 0 aliphatic carbocycles. The molecule has 0 unspecified atom stereocenters. The minimum atomic E-state index is 0.0311. The van der Waals surface area contributed by atoms with Crippen LogP contribution >= 0.6 is 23.1 Å². The van der Waals surface area contributed by atoms with E-state index in [0.717, 1.165) is 41.8 Å². The van der Waals surface area contributed by atoms with Gasteiger partial charge in [0.1, 0.15) is 5.78 Å². The Kier molecular flexibility index (Phi) is 9.47. The van der Waals surface area contributed by atoms with Crippen molar-refractivity contribution < 1.29 is 9.90 Å². The van der Waals surface area contributed by atoms with Gasteiger partial charge >= 0.3 is 0 Å². The third-order valence-corrected chi connectivity index (χ3v) is 8.23. The Bertz CT molecular complexity index is 1180. The highest BCUT2D eigenvalue weighted by Crippen LogP contribution is 2.30. The maximum Gasteiger partial charge on any atom is 0.234 e. The lowest BCUT2D eigenvalue weighted by Gasteiger charge is -2.34. The van der Waals surface area contributed by atoms with Crippen LogP contribution in [0, 0.1) is 5.92 Å². The van der Waals surface area contributed by atoms with E-state index in [9.17, 15) is 9.90 Å². The lowest BCUT2D eigenvalue weighted by Crippen LogP contribution is -2.47. The van der Waals surface area contributed by atoms with Gasteiger partial charge in [-0.25, -0.2) is 4.98 Å². The van der Waals surface area contributed by atoms with Gasteiger partial charge in [0, 0.05) is 61.0 Å². The number of ketones is 1. The predicted molar refractivity (Wildman–Crippen MR) is 149 cm³/mol.